The minimum Gasteiger partial charge on any atom is -0.481 e. The molecule has 0 saturated carbocycles. The number of hydrogen-bond donors (Lipinski definition) is 1. The molecule has 0 aromatic heterocycles. The highest BCUT2D eigenvalue weighted by Crippen LogP contribution is 2.04. The molecule has 0 aromatic rings. The first-order valence-corrected chi connectivity index (χ1v) is 7.94. The van der Waals surface area contributed by atoms with Gasteiger partial charge in [0.05, 0.1) is 0 Å². The Kier molecular flexibility index (Phi) is 14.7. The summed E-state index contributed by atoms with van der Waals surface area (Å²) in [5, 5.41) is 8.49. The van der Waals surface area contributed by atoms with Crippen molar-refractivity contribution in [2.75, 3.05) is 0 Å². The van der Waals surface area contributed by atoms with Crippen molar-refractivity contribution in [1.82, 2.24) is 0 Å². The molecule has 0 amide bonds. The first kappa shape index (κ1) is 18.7. The van der Waals surface area contributed by atoms with Crippen molar-refractivity contribution < 1.29 is 9.90 Å². The molecule has 0 bridgehead atoms. The van der Waals surface area contributed by atoms with Crippen LogP contribution in [0.25, 0.3) is 0 Å². The molecule has 0 aliphatic rings. The zero-order valence-corrected chi connectivity index (χ0v) is 12.9. The Bertz CT molecular complexity index is 301. The van der Waals surface area contributed by atoms with Crippen molar-refractivity contribution in [3.8, 4) is 0 Å². The molecule has 0 heterocycles. The quantitative estimate of drug-likeness (QED) is 0.348. The zero-order valence-electron chi connectivity index (χ0n) is 12.9. The fourth-order valence-corrected chi connectivity index (χ4v) is 1.85. The van der Waals surface area contributed by atoms with E-state index in [0.29, 0.717) is 6.42 Å². The van der Waals surface area contributed by atoms with Crippen LogP contribution in [0.5, 0.6) is 0 Å². The largest absolute Gasteiger partial charge is 0.481 e. The molecule has 0 saturated heterocycles. The standard InChI is InChI=1S/C18H30O2/c1-2-3-4-5-6-7-8-9-10-11-12-13-14-15-16-17-18(19)20/h3-4,9-10,12-13H,2,5-8,11,14-17H2,1H3,(H,19,20)/b4-3-,10-9-,13-12-. The monoisotopic (exact) mass is 278 g/mol. The van der Waals surface area contributed by atoms with Crippen LogP contribution in [0, 0.1) is 0 Å². The predicted molar refractivity (Wildman–Crippen MR) is 86.9 cm³/mol. The van der Waals surface area contributed by atoms with Crippen LogP contribution >= 0.6 is 0 Å². The molecule has 0 rings (SSSR count). The number of hydrogen-bond acceptors (Lipinski definition) is 1. The normalized spacial score (nSPS) is 12.1. The minimum absolute atomic E-state index is 0.293. The molecule has 0 aliphatic carbocycles. The summed E-state index contributed by atoms with van der Waals surface area (Å²) in [4.78, 5) is 10.3. The molecular weight excluding hydrogens is 248 g/mol. The van der Waals surface area contributed by atoms with Crippen LogP contribution in [0.3, 0.4) is 0 Å². The van der Waals surface area contributed by atoms with E-state index in [0.717, 1.165) is 32.1 Å². The van der Waals surface area contributed by atoms with Gasteiger partial charge in [-0.05, 0) is 57.8 Å². The SMILES string of the molecule is CC/C=C\CCCC/C=C\C/C=C\CCCCC(=O)O. The van der Waals surface area contributed by atoms with Crippen LogP contribution in [0.1, 0.15) is 71.1 Å². The average molecular weight is 278 g/mol. The average Bonchev–Trinajstić information content (AvgIpc) is 2.43. The maximum absolute atomic E-state index is 10.3. The van der Waals surface area contributed by atoms with Gasteiger partial charge < -0.3 is 5.11 Å². The maximum Gasteiger partial charge on any atom is 0.303 e. The summed E-state index contributed by atoms with van der Waals surface area (Å²) in [5.41, 5.74) is 0. The highest BCUT2D eigenvalue weighted by molar-refractivity contribution is 5.66. The number of carbonyl (C=O) groups is 1. The summed E-state index contributed by atoms with van der Waals surface area (Å²) in [7, 11) is 0. The van der Waals surface area contributed by atoms with Gasteiger partial charge in [-0.2, -0.15) is 0 Å². The first-order valence-electron chi connectivity index (χ1n) is 7.94. The van der Waals surface area contributed by atoms with Gasteiger partial charge in [-0.15, -0.1) is 0 Å². The summed E-state index contributed by atoms with van der Waals surface area (Å²) in [5.74, 6) is -0.693. The highest BCUT2D eigenvalue weighted by atomic mass is 16.4. The van der Waals surface area contributed by atoms with Crippen molar-refractivity contribution in [1.29, 1.82) is 0 Å². The predicted octanol–water partition coefficient (Wildman–Crippen LogP) is 5.66. The Morgan fingerprint density at radius 1 is 0.800 bits per heavy atom. The van der Waals surface area contributed by atoms with E-state index in [9.17, 15) is 4.79 Å². The topological polar surface area (TPSA) is 37.3 Å². The van der Waals surface area contributed by atoms with Crippen molar-refractivity contribution >= 4 is 5.97 Å². The van der Waals surface area contributed by atoms with Gasteiger partial charge in [-0.25, -0.2) is 0 Å². The van der Waals surface area contributed by atoms with Crippen LogP contribution in [0.2, 0.25) is 0 Å². The second kappa shape index (κ2) is 15.7. The summed E-state index contributed by atoms with van der Waals surface area (Å²) < 4.78 is 0. The fraction of sp³-hybridized carbons (Fsp3) is 0.611. The van der Waals surface area contributed by atoms with E-state index < -0.39 is 5.97 Å². The van der Waals surface area contributed by atoms with Gasteiger partial charge in [0.2, 0.25) is 0 Å². The first-order chi connectivity index (χ1) is 9.77. The lowest BCUT2D eigenvalue weighted by Gasteiger charge is -1.93. The molecule has 0 atom stereocenters. The summed E-state index contributed by atoms with van der Waals surface area (Å²) in [6.07, 6.45) is 23.4. The van der Waals surface area contributed by atoms with Crippen molar-refractivity contribution in [3.05, 3.63) is 36.5 Å². The number of aliphatic carboxylic acids is 1. The van der Waals surface area contributed by atoms with Crippen molar-refractivity contribution in [2.45, 2.75) is 71.1 Å². The number of rotatable bonds is 13. The molecule has 0 aliphatic heterocycles. The van der Waals surface area contributed by atoms with E-state index in [-0.39, 0.29) is 0 Å². The van der Waals surface area contributed by atoms with Gasteiger partial charge in [-0.1, -0.05) is 43.4 Å². The summed E-state index contributed by atoms with van der Waals surface area (Å²) in [6, 6.07) is 0. The Morgan fingerprint density at radius 3 is 1.80 bits per heavy atom. The van der Waals surface area contributed by atoms with Crippen molar-refractivity contribution in [3.63, 3.8) is 0 Å². The Morgan fingerprint density at radius 2 is 1.30 bits per heavy atom. The highest BCUT2D eigenvalue weighted by Gasteiger charge is 1.93. The lowest BCUT2D eigenvalue weighted by atomic mass is 10.1. The van der Waals surface area contributed by atoms with Gasteiger partial charge in [0, 0.05) is 6.42 Å². The van der Waals surface area contributed by atoms with Gasteiger partial charge in [0.25, 0.3) is 0 Å². The maximum atomic E-state index is 10.3. The lowest BCUT2D eigenvalue weighted by molar-refractivity contribution is -0.137. The van der Waals surface area contributed by atoms with Crippen LogP contribution in [-0.4, -0.2) is 11.1 Å². The molecule has 20 heavy (non-hydrogen) atoms. The lowest BCUT2D eigenvalue weighted by Crippen LogP contribution is -1.92. The van der Waals surface area contributed by atoms with E-state index in [1.807, 2.05) is 0 Å². The molecule has 2 heteroatoms. The Balaban J connectivity index is 3.26. The molecule has 0 unspecified atom stereocenters. The smallest absolute Gasteiger partial charge is 0.303 e. The Hall–Kier alpha value is -1.31. The zero-order chi connectivity index (χ0) is 14.9. The number of allylic oxidation sites excluding steroid dienone is 6. The van der Waals surface area contributed by atoms with Crippen molar-refractivity contribution in [2.24, 2.45) is 0 Å². The molecular formula is C18H30O2. The molecule has 1 N–H and O–H groups in total. The molecule has 2 nitrogen and oxygen atoms in total. The van der Waals surface area contributed by atoms with Crippen LogP contribution < -0.4 is 0 Å². The second-order valence-electron chi connectivity index (χ2n) is 4.98. The minimum atomic E-state index is -0.693. The fourth-order valence-electron chi connectivity index (χ4n) is 1.85. The Labute approximate surface area is 124 Å². The number of carboxylic acids is 1. The third-order valence-corrected chi connectivity index (χ3v) is 3.01. The van der Waals surface area contributed by atoms with Crippen LogP contribution in [0.4, 0.5) is 0 Å². The molecule has 0 fully saturated rings. The second-order valence-corrected chi connectivity index (χ2v) is 4.98. The third-order valence-electron chi connectivity index (χ3n) is 3.01. The molecule has 0 aromatic carbocycles. The number of carboxylic acid groups (broad SMARTS) is 1. The van der Waals surface area contributed by atoms with Gasteiger partial charge in [-0.3, -0.25) is 4.79 Å². The van der Waals surface area contributed by atoms with E-state index in [4.69, 9.17) is 5.11 Å². The number of unbranched alkanes of at least 4 members (excludes halogenated alkanes) is 5. The van der Waals surface area contributed by atoms with Crippen LogP contribution in [0.15, 0.2) is 36.5 Å². The third kappa shape index (κ3) is 16.7. The van der Waals surface area contributed by atoms with Gasteiger partial charge >= 0.3 is 5.97 Å². The molecule has 0 spiro atoms. The van der Waals surface area contributed by atoms with Gasteiger partial charge in [0.15, 0.2) is 0 Å². The van der Waals surface area contributed by atoms with E-state index in [2.05, 4.69) is 43.4 Å². The van der Waals surface area contributed by atoms with Gasteiger partial charge in [0.1, 0.15) is 0 Å². The molecule has 114 valence electrons. The summed E-state index contributed by atoms with van der Waals surface area (Å²) in [6.45, 7) is 2.17. The van der Waals surface area contributed by atoms with E-state index >= 15 is 0 Å². The summed E-state index contributed by atoms with van der Waals surface area (Å²) >= 11 is 0. The van der Waals surface area contributed by atoms with Crippen LogP contribution in [-0.2, 0) is 4.79 Å². The van der Waals surface area contributed by atoms with E-state index in [1.165, 1.54) is 25.7 Å². The molecule has 0 radical (unpaired) electrons. The van der Waals surface area contributed by atoms with E-state index in [1.54, 1.807) is 0 Å².